The minimum absolute atomic E-state index is 0.224. The molecule has 0 bridgehead atoms. The van der Waals surface area contributed by atoms with E-state index in [0.717, 1.165) is 23.1 Å². The number of nitrogens with zero attached hydrogens (tertiary/aromatic N) is 1. The van der Waals surface area contributed by atoms with Crippen LogP contribution in [0.2, 0.25) is 0 Å². The molecule has 3 atom stereocenters. The van der Waals surface area contributed by atoms with Gasteiger partial charge in [0.2, 0.25) is 15.8 Å². The van der Waals surface area contributed by atoms with Crippen LogP contribution < -0.4 is 9.47 Å². The predicted molar refractivity (Wildman–Crippen MR) is 112 cm³/mol. The maximum atomic E-state index is 13.8. The molecule has 3 fully saturated rings. The number of piperidine rings is 1. The Morgan fingerprint density at radius 3 is 2.23 bits per heavy atom. The molecular formula is C23H25NO6S. The zero-order chi connectivity index (χ0) is 21.6. The Morgan fingerprint density at radius 2 is 1.61 bits per heavy atom. The van der Waals surface area contributed by atoms with Crippen molar-refractivity contribution >= 4 is 10.0 Å². The van der Waals surface area contributed by atoms with Gasteiger partial charge < -0.3 is 18.9 Å². The van der Waals surface area contributed by atoms with Crippen LogP contribution in [0.5, 0.6) is 11.5 Å². The number of methoxy groups -OCH3 is 2. The number of ether oxygens (including phenoxy) is 4. The van der Waals surface area contributed by atoms with E-state index < -0.39 is 21.9 Å². The van der Waals surface area contributed by atoms with E-state index in [0.29, 0.717) is 36.2 Å². The molecule has 2 saturated heterocycles. The lowest BCUT2D eigenvalue weighted by molar-refractivity contribution is -0.194. The SMILES string of the molecule is COc1cc2c(cc1OC)[C@]13C[C@H]1CN(S(=O)(=O)c1ccc(C)cc1)[C@@H]3C21OCCO1. The van der Waals surface area contributed by atoms with Crippen molar-refractivity contribution in [3.05, 3.63) is 53.1 Å². The number of hydrogen-bond acceptors (Lipinski definition) is 6. The molecule has 2 aromatic carbocycles. The Labute approximate surface area is 181 Å². The van der Waals surface area contributed by atoms with E-state index in [1.807, 2.05) is 31.2 Å². The van der Waals surface area contributed by atoms with E-state index in [2.05, 4.69) is 0 Å². The van der Waals surface area contributed by atoms with E-state index in [9.17, 15) is 8.42 Å². The summed E-state index contributed by atoms with van der Waals surface area (Å²) in [5.74, 6) is 0.315. The topological polar surface area (TPSA) is 74.3 Å². The van der Waals surface area contributed by atoms with Crippen molar-refractivity contribution in [2.24, 2.45) is 5.92 Å². The van der Waals surface area contributed by atoms with Gasteiger partial charge in [-0.15, -0.1) is 0 Å². The quantitative estimate of drug-likeness (QED) is 0.723. The van der Waals surface area contributed by atoms with Crippen molar-refractivity contribution in [2.45, 2.75) is 35.5 Å². The van der Waals surface area contributed by atoms with Crippen molar-refractivity contribution < 1.29 is 27.4 Å². The van der Waals surface area contributed by atoms with Gasteiger partial charge in [0.05, 0.1) is 38.4 Å². The summed E-state index contributed by atoms with van der Waals surface area (Å²) in [5, 5.41) is 0. The fourth-order valence-electron chi connectivity index (χ4n) is 6.02. The molecule has 6 rings (SSSR count). The van der Waals surface area contributed by atoms with Crippen molar-refractivity contribution in [1.29, 1.82) is 0 Å². The highest BCUT2D eigenvalue weighted by atomic mass is 32.2. The third kappa shape index (κ3) is 2.31. The molecule has 0 amide bonds. The highest BCUT2D eigenvalue weighted by Gasteiger charge is 2.80. The molecule has 4 aliphatic rings. The van der Waals surface area contributed by atoms with Crippen LogP contribution in [0.15, 0.2) is 41.3 Å². The van der Waals surface area contributed by atoms with Crippen LogP contribution in [-0.4, -0.2) is 52.7 Å². The van der Waals surface area contributed by atoms with Gasteiger partial charge in [0, 0.05) is 17.5 Å². The summed E-state index contributed by atoms with van der Waals surface area (Å²) < 4.78 is 52.8. The van der Waals surface area contributed by atoms with Gasteiger partial charge in [0.1, 0.15) is 0 Å². The molecule has 2 heterocycles. The first kappa shape index (κ1) is 19.5. The van der Waals surface area contributed by atoms with Crippen LogP contribution in [0.3, 0.4) is 0 Å². The van der Waals surface area contributed by atoms with Crippen LogP contribution in [0.25, 0.3) is 0 Å². The fraction of sp³-hybridized carbons (Fsp3) is 0.478. The van der Waals surface area contributed by atoms with Crippen LogP contribution in [0, 0.1) is 12.8 Å². The van der Waals surface area contributed by atoms with E-state index >= 15 is 0 Å². The van der Waals surface area contributed by atoms with E-state index in [-0.39, 0.29) is 11.3 Å². The molecule has 0 unspecified atom stereocenters. The molecule has 0 aromatic heterocycles. The Hall–Kier alpha value is -2.13. The molecule has 2 aromatic rings. The van der Waals surface area contributed by atoms with Crippen LogP contribution in [0.4, 0.5) is 0 Å². The van der Waals surface area contributed by atoms with Gasteiger partial charge >= 0.3 is 0 Å². The zero-order valence-electron chi connectivity index (χ0n) is 17.8. The smallest absolute Gasteiger partial charge is 0.243 e. The summed E-state index contributed by atoms with van der Waals surface area (Å²) in [6.45, 7) is 3.25. The molecule has 2 aliphatic heterocycles. The van der Waals surface area contributed by atoms with Gasteiger partial charge in [0.15, 0.2) is 11.5 Å². The number of rotatable bonds is 4. The third-order valence-electron chi connectivity index (χ3n) is 7.43. The zero-order valence-corrected chi connectivity index (χ0v) is 18.6. The third-order valence-corrected chi connectivity index (χ3v) is 9.28. The average molecular weight is 444 g/mol. The monoisotopic (exact) mass is 443 g/mol. The normalized spacial score (nSPS) is 30.2. The minimum atomic E-state index is -3.72. The van der Waals surface area contributed by atoms with Gasteiger partial charge in [-0.05, 0) is 49.1 Å². The maximum absolute atomic E-state index is 13.8. The molecule has 164 valence electrons. The minimum Gasteiger partial charge on any atom is -0.493 e. The lowest BCUT2D eigenvalue weighted by atomic mass is 9.94. The number of benzene rings is 2. The summed E-state index contributed by atoms with van der Waals surface area (Å²) in [7, 11) is -0.515. The molecular weight excluding hydrogens is 418 g/mol. The van der Waals surface area contributed by atoms with E-state index in [1.54, 1.807) is 30.7 Å². The first-order valence-electron chi connectivity index (χ1n) is 10.5. The maximum Gasteiger partial charge on any atom is 0.243 e. The Morgan fingerprint density at radius 1 is 1.00 bits per heavy atom. The molecule has 0 N–H and O–H groups in total. The number of aryl methyl sites for hydroxylation is 1. The second kappa shape index (κ2) is 6.22. The van der Waals surface area contributed by atoms with Crippen molar-refractivity contribution in [3.63, 3.8) is 0 Å². The largest absolute Gasteiger partial charge is 0.493 e. The molecule has 1 saturated carbocycles. The van der Waals surface area contributed by atoms with Crippen molar-refractivity contribution in [3.8, 4) is 11.5 Å². The van der Waals surface area contributed by atoms with Gasteiger partial charge in [-0.3, -0.25) is 0 Å². The lowest BCUT2D eigenvalue weighted by Gasteiger charge is -2.37. The van der Waals surface area contributed by atoms with Crippen LogP contribution in [-0.2, 0) is 30.7 Å². The predicted octanol–water partition coefficient (Wildman–Crippen LogP) is 2.56. The first-order chi connectivity index (χ1) is 14.9. The number of hydrogen-bond donors (Lipinski definition) is 0. The Balaban J connectivity index is 1.53. The van der Waals surface area contributed by atoms with Gasteiger partial charge in [-0.25, -0.2) is 8.42 Å². The molecule has 2 spiro atoms. The van der Waals surface area contributed by atoms with Crippen molar-refractivity contribution in [1.82, 2.24) is 4.31 Å². The first-order valence-corrected chi connectivity index (χ1v) is 12.0. The molecule has 7 nitrogen and oxygen atoms in total. The number of sulfonamides is 1. The molecule has 0 radical (unpaired) electrons. The highest BCUT2D eigenvalue weighted by Crippen LogP contribution is 2.73. The second-order valence-electron chi connectivity index (χ2n) is 8.85. The fourth-order valence-corrected chi connectivity index (χ4v) is 7.75. The lowest BCUT2D eigenvalue weighted by Crippen LogP contribution is -2.52. The summed E-state index contributed by atoms with van der Waals surface area (Å²) in [6, 6.07) is 10.5. The van der Waals surface area contributed by atoms with Crippen molar-refractivity contribution in [2.75, 3.05) is 34.0 Å². The second-order valence-corrected chi connectivity index (χ2v) is 10.7. The summed E-state index contributed by atoms with van der Waals surface area (Å²) in [6.07, 6.45) is 0.911. The van der Waals surface area contributed by atoms with Crippen LogP contribution >= 0.6 is 0 Å². The number of fused-ring (bicyclic) bond motifs is 3. The molecule has 8 heteroatoms. The summed E-state index contributed by atoms with van der Waals surface area (Å²) in [5.41, 5.74) is 2.62. The summed E-state index contributed by atoms with van der Waals surface area (Å²) >= 11 is 0. The van der Waals surface area contributed by atoms with Gasteiger partial charge in [-0.2, -0.15) is 4.31 Å². The molecule has 2 aliphatic carbocycles. The Bertz CT molecular complexity index is 1170. The van der Waals surface area contributed by atoms with Crippen LogP contribution in [0.1, 0.15) is 23.1 Å². The molecule has 31 heavy (non-hydrogen) atoms. The average Bonchev–Trinajstić information content (AvgIpc) is 3.08. The van der Waals surface area contributed by atoms with Gasteiger partial charge in [-0.1, -0.05) is 17.7 Å². The van der Waals surface area contributed by atoms with Gasteiger partial charge in [0.25, 0.3) is 0 Å². The standard InChI is InChI=1S/C23H25NO6S/c1-14-4-6-16(7-5-14)31(25,26)24-13-15-12-22(15)17-10-19(27-2)20(28-3)11-18(17)23(21(22)24)29-8-9-30-23/h4-7,10-11,15,21H,8-9,12-13H2,1-3H3/t15-,21-,22-/m0/s1. The van der Waals surface area contributed by atoms with E-state index in [4.69, 9.17) is 18.9 Å². The highest BCUT2D eigenvalue weighted by molar-refractivity contribution is 7.89. The Kier molecular flexibility index (Phi) is 3.92. The summed E-state index contributed by atoms with van der Waals surface area (Å²) in [4.78, 5) is 0.300. The van der Waals surface area contributed by atoms with E-state index in [1.165, 1.54) is 0 Å².